The van der Waals surface area contributed by atoms with Crippen molar-refractivity contribution in [2.45, 2.75) is 13.8 Å². The molecule has 1 aromatic heterocycles. The number of benzene rings is 2. The summed E-state index contributed by atoms with van der Waals surface area (Å²) in [6, 6.07) is 9.68. The van der Waals surface area contributed by atoms with Crippen molar-refractivity contribution in [3.63, 3.8) is 0 Å². The number of amides is 2. The molecule has 2 aromatic carbocycles. The van der Waals surface area contributed by atoms with Crippen LogP contribution in [-0.2, 0) is 0 Å². The van der Waals surface area contributed by atoms with E-state index in [1.807, 2.05) is 0 Å². The monoisotopic (exact) mass is 410 g/mol. The second-order valence-electron chi connectivity index (χ2n) is 6.19. The molecule has 1 heterocycles. The lowest BCUT2D eigenvalue weighted by Gasteiger charge is -2.21. The highest BCUT2D eigenvalue weighted by Crippen LogP contribution is 2.19. The van der Waals surface area contributed by atoms with Crippen molar-refractivity contribution in [3.05, 3.63) is 91.3 Å². The summed E-state index contributed by atoms with van der Waals surface area (Å²) in [5.74, 6) is -1.83. The normalized spacial score (nSPS) is 10.5. The Balaban J connectivity index is 2.13. The zero-order valence-electron chi connectivity index (χ0n) is 15.8. The van der Waals surface area contributed by atoms with Gasteiger partial charge in [0.1, 0.15) is 0 Å². The SMILES string of the molecule is Cc1nnn(N(C(=O)c2cccc([N+](=O)[O-])c2)C(=O)c2cccc([N+](=O)[O-])c2)c1C. The molecule has 152 valence electrons. The maximum atomic E-state index is 13.2. The molecule has 12 heteroatoms. The van der Waals surface area contributed by atoms with E-state index < -0.39 is 21.7 Å². The van der Waals surface area contributed by atoms with Gasteiger partial charge in [-0.2, -0.15) is 5.01 Å². The average molecular weight is 410 g/mol. The fourth-order valence-corrected chi connectivity index (χ4v) is 2.60. The van der Waals surface area contributed by atoms with Gasteiger partial charge < -0.3 is 0 Å². The standard InChI is InChI=1S/C18H14N6O6/c1-11-12(2)22(20-19-11)21(17(25)13-5-3-7-15(9-13)23(27)28)18(26)14-6-4-8-16(10-14)24(29)30/h3-10H,1-2H3. The van der Waals surface area contributed by atoms with E-state index in [2.05, 4.69) is 10.3 Å². The molecule has 30 heavy (non-hydrogen) atoms. The van der Waals surface area contributed by atoms with Crippen molar-refractivity contribution in [2.75, 3.05) is 5.01 Å². The number of carbonyl (C=O) groups is 2. The van der Waals surface area contributed by atoms with Gasteiger partial charge in [0, 0.05) is 35.4 Å². The Labute approximate surface area is 168 Å². The molecule has 3 aromatic rings. The Hall–Kier alpha value is -4.48. The Morgan fingerprint density at radius 1 is 0.900 bits per heavy atom. The molecule has 0 aliphatic rings. The molecule has 0 fully saturated rings. The van der Waals surface area contributed by atoms with Crippen LogP contribution in [0, 0.1) is 34.1 Å². The average Bonchev–Trinajstić information content (AvgIpc) is 3.06. The van der Waals surface area contributed by atoms with E-state index in [4.69, 9.17) is 0 Å². The van der Waals surface area contributed by atoms with Crippen molar-refractivity contribution in [1.82, 2.24) is 15.1 Å². The van der Waals surface area contributed by atoms with Crippen LogP contribution >= 0.6 is 0 Å². The second-order valence-corrected chi connectivity index (χ2v) is 6.19. The summed E-state index contributed by atoms with van der Waals surface area (Å²) in [5.41, 5.74) is -0.150. The third-order valence-electron chi connectivity index (χ3n) is 4.29. The van der Waals surface area contributed by atoms with Gasteiger partial charge in [0.05, 0.1) is 21.2 Å². The van der Waals surface area contributed by atoms with Crippen LogP contribution in [0.25, 0.3) is 0 Å². The summed E-state index contributed by atoms with van der Waals surface area (Å²) in [5, 5.41) is 30.4. The van der Waals surface area contributed by atoms with E-state index in [0.29, 0.717) is 16.4 Å². The van der Waals surface area contributed by atoms with E-state index in [1.54, 1.807) is 13.8 Å². The fourth-order valence-electron chi connectivity index (χ4n) is 2.60. The van der Waals surface area contributed by atoms with Crippen molar-refractivity contribution in [3.8, 4) is 0 Å². The van der Waals surface area contributed by atoms with Crippen LogP contribution in [0.1, 0.15) is 32.1 Å². The molecule has 2 amide bonds. The van der Waals surface area contributed by atoms with E-state index >= 15 is 0 Å². The molecule has 0 N–H and O–H groups in total. The second kappa shape index (κ2) is 7.87. The van der Waals surface area contributed by atoms with Crippen LogP contribution < -0.4 is 5.01 Å². The van der Waals surface area contributed by atoms with Crippen LogP contribution in [0.2, 0.25) is 0 Å². The van der Waals surface area contributed by atoms with E-state index in [-0.39, 0.29) is 22.5 Å². The molecule has 0 spiro atoms. The maximum absolute atomic E-state index is 13.2. The van der Waals surface area contributed by atoms with Crippen LogP contribution in [-0.4, -0.2) is 36.8 Å². The number of nitrogens with zero attached hydrogens (tertiary/aromatic N) is 6. The Morgan fingerprint density at radius 2 is 1.37 bits per heavy atom. The summed E-state index contributed by atoms with van der Waals surface area (Å²) in [7, 11) is 0. The number of aromatic nitrogens is 3. The Bertz CT molecular complexity index is 1120. The Morgan fingerprint density at radius 3 is 1.73 bits per heavy atom. The van der Waals surface area contributed by atoms with Gasteiger partial charge in [0.15, 0.2) is 0 Å². The first kappa shape index (κ1) is 20.3. The highest BCUT2D eigenvalue weighted by molar-refractivity contribution is 6.21. The minimum Gasteiger partial charge on any atom is -0.267 e. The molecule has 0 radical (unpaired) electrons. The van der Waals surface area contributed by atoms with Crippen molar-refractivity contribution < 1.29 is 19.4 Å². The fraction of sp³-hybridized carbons (Fsp3) is 0.111. The van der Waals surface area contributed by atoms with Crippen LogP contribution in [0.5, 0.6) is 0 Å². The number of imide groups is 1. The van der Waals surface area contributed by atoms with E-state index in [9.17, 15) is 29.8 Å². The summed E-state index contributed by atoms with van der Waals surface area (Å²) in [4.78, 5) is 48.1. The molecule has 12 nitrogen and oxygen atoms in total. The maximum Gasteiger partial charge on any atom is 0.281 e. The van der Waals surface area contributed by atoms with Gasteiger partial charge in [-0.15, -0.1) is 9.89 Å². The lowest BCUT2D eigenvalue weighted by molar-refractivity contribution is -0.385. The van der Waals surface area contributed by atoms with Gasteiger partial charge in [-0.05, 0) is 31.2 Å². The molecule has 0 aliphatic carbocycles. The number of nitro groups is 2. The quantitative estimate of drug-likeness (QED) is 0.353. The van der Waals surface area contributed by atoms with Crippen LogP contribution in [0.15, 0.2) is 48.5 Å². The summed E-state index contributed by atoms with van der Waals surface area (Å²) in [6.45, 7) is 3.19. The number of hydrogen-bond acceptors (Lipinski definition) is 8. The minimum atomic E-state index is -0.914. The number of non-ortho nitro benzene ring substituents is 2. The van der Waals surface area contributed by atoms with E-state index in [0.717, 1.165) is 16.9 Å². The summed E-state index contributed by atoms with van der Waals surface area (Å²) >= 11 is 0. The van der Waals surface area contributed by atoms with Gasteiger partial charge in [0.2, 0.25) is 0 Å². The topological polar surface area (TPSA) is 154 Å². The highest BCUT2D eigenvalue weighted by atomic mass is 16.6. The number of rotatable bonds is 5. The molecule has 0 bridgehead atoms. The molecule has 0 saturated heterocycles. The van der Waals surface area contributed by atoms with Crippen molar-refractivity contribution in [1.29, 1.82) is 0 Å². The molecule has 0 aliphatic heterocycles. The largest absolute Gasteiger partial charge is 0.281 e. The third kappa shape index (κ3) is 3.73. The van der Waals surface area contributed by atoms with Crippen LogP contribution in [0.4, 0.5) is 11.4 Å². The van der Waals surface area contributed by atoms with Crippen LogP contribution in [0.3, 0.4) is 0 Å². The van der Waals surface area contributed by atoms with Gasteiger partial charge in [-0.25, -0.2) is 0 Å². The number of nitro benzene ring substituents is 2. The summed E-state index contributed by atoms with van der Waals surface area (Å²) < 4.78 is 0. The van der Waals surface area contributed by atoms with Crippen molar-refractivity contribution in [2.24, 2.45) is 0 Å². The number of aryl methyl sites for hydroxylation is 1. The van der Waals surface area contributed by atoms with Crippen molar-refractivity contribution >= 4 is 23.2 Å². The van der Waals surface area contributed by atoms with Gasteiger partial charge in [-0.3, -0.25) is 29.8 Å². The first-order valence-corrected chi connectivity index (χ1v) is 8.47. The zero-order chi connectivity index (χ0) is 22.0. The minimum absolute atomic E-state index is 0.143. The van der Waals surface area contributed by atoms with Gasteiger partial charge in [-0.1, -0.05) is 12.1 Å². The van der Waals surface area contributed by atoms with E-state index in [1.165, 1.54) is 36.4 Å². The molecular formula is C18H14N6O6. The summed E-state index contributed by atoms with van der Waals surface area (Å²) in [6.07, 6.45) is 0. The lowest BCUT2D eigenvalue weighted by Crippen LogP contribution is -2.46. The molecule has 0 atom stereocenters. The highest BCUT2D eigenvalue weighted by Gasteiger charge is 2.30. The first-order chi connectivity index (χ1) is 14.2. The molecule has 3 rings (SSSR count). The number of hydrogen-bond donors (Lipinski definition) is 0. The van der Waals surface area contributed by atoms with Gasteiger partial charge >= 0.3 is 0 Å². The predicted octanol–water partition coefficient (Wildman–Crippen LogP) is 2.33. The molecule has 0 unspecified atom stereocenters. The molecular weight excluding hydrogens is 396 g/mol. The smallest absolute Gasteiger partial charge is 0.267 e. The predicted molar refractivity (Wildman–Crippen MR) is 103 cm³/mol. The Kier molecular flexibility index (Phi) is 5.31. The lowest BCUT2D eigenvalue weighted by atomic mass is 10.1. The molecule has 0 saturated carbocycles. The number of carbonyl (C=O) groups excluding carboxylic acids is 2. The first-order valence-electron chi connectivity index (χ1n) is 8.47. The third-order valence-corrected chi connectivity index (χ3v) is 4.29. The zero-order valence-corrected chi connectivity index (χ0v) is 15.8. The van der Waals surface area contributed by atoms with Gasteiger partial charge in [0.25, 0.3) is 23.2 Å².